The van der Waals surface area contributed by atoms with E-state index in [1.807, 2.05) is 0 Å². The molecule has 0 heterocycles. The van der Waals surface area contributed by atoms with Crippen LogP contribution in [0.15, 0.2) is 22.7 Å². The quantitative estimate of drug-likeness (QED) is 0.848. The Morgan fingerprint density at radius 1 is 1.64 bits per heavy atom. The van der Waals surface area contributed by atoms with Gasteiger partial charge < -0.3 is 10.5 Å². The van der Waals surface area contributed by atoms with Gasteiger partial charge in [-0.05, 0) is 25.1 Å². The second kappa shape index (κ2) is 4.19. The molecule has 1 aromatic carbocycles. The molecule has 1 unspecified atom stereocenters. The first kappa shape index (κ1) is 11.3. The van der Waals surface area contributed by atoms with Crippen molar-refractivity contribution in [2.75, 3.05) is 0 Å². The number of hydrogen-bond acceptors (Lipinski definition) is 2. The third kappa shape index (κ3) is 2.39. The Kier molecular flexibility index (Phi) is 3.39. The van der Waals surface area contributed by atoms with Gasteiger partial charge in [-0.15, -0.1) is 0 Å². The molecule has 1 rings (SSSR count). The lowest BCUT2D eigenvalue weighted by Gasteiger charge is -2.23. The maximum Gasteiger partial charge on any atom is 0.128 e. The number of hydrogen-bond donors (Lipinski definition) is 1. The Balaban J connectivity index is 3.16. The first-order valence-corrected chi connectivity index (χ1v) is 4.95. The molecule has 0 saturated heterocycles. The van der Waals surface area contributed by atoms with Crippen LogP contribution in [0.3, 0.4) is 0 Å². The minimum atomic E-state index is -0.949. The molecule has 2 N–H and O–H groups in total. The van der Waals surface area contributed by atoms with E-state index in [0.29, 0.717) is 11.8 Å². The number of carbonyl (C=O) groups is 1. The Bertz CT molecular complexity index is 352. The van der Waals surface area contributed by atoms with Crippen LogP contribution < -0.4 is 5.73 Å². The number of nitrogens with two attached hydrogens (primary N) is 1. The highest BCUT2D eigenvalue weighted by molar-refractivity contribution is 9.10. The predicted molar refractivity (Wildman–Crippen MR) is 56.3 cm³/mol. The van der Waals surface area contributed by atoms with Crippen molar-refractivity contribution >= 4 is 22.2 Å². The molecule has 0 amide bonds. The summed E-state index contributed by atoms with van der Waals surface area (Å²) in [6.45, 7) is 1.63. The highest BCUT2D eigenvalue weighted by Crippen LogP contribution is 2.26. The van der Waals surface area contributed by atoms with Crippen molar-refractivity contribution in [3.63, 3.8) is 0 Å². The van der Waals surface area contributed by atoms with Gasteiger partial charge in [-0.2, -0.15) is 0 Å². The summed E-state index contributed by atoms with van der Waals surface area (Å²) in [5.74, 6) is -0.389. The Hall–Kier alpha value is -0.740. The van der Waals surface area contributed by atoms with Crippen LogP contribution in [0, 0.1) is 5.82 Å². The van der Waals surface area contributed by atoms with Crippen LogP contribution in [0.1, 0.15) is 18.9 Å². The molecule has 0 aromatic heterocycles. The van der Waals surface area contributed by atoms with Crippen molar-refractivity contribution in [2.24, 2.45) is 5.73 Å². The Morgan fingerprint density at radius 2 is 2.29 bits per heavy atom. The molecule has 0 bridgehead atoms. The van der Waals surface area contributed by atoms with Crippen molar-refractivity contribution in [3.05, 3.63) is 34.1 Å². The van der Waals surface area contributed by atoms with E-state index in [1.54, 1.807) is 19.1 Å². The van der Waals surface area contributed by atoms with Crippen LogP contribution in [-0.2, 0) is 10.3 Å². The van der Waals surface area contributed by atoms with Gasteiger partial charge in [0.25, 0.3) is 0 Å². The molecule has 0 aliphatic rings. The van der Waals surface area contributed by atoms with Crippen LogP contribution in [-0.4, -0.2) is 6.29 Å². The lowest BCUT2D eigenvalue weighted by atomic mass is 9.90. The first-order valence-electron chi connectivity index (χ1n) is 4.15. The zero-order valence-electron chi connectivity index (χ0n) is 7.76. The van der Waals surface area contributed by atoms with E-state index in [1.165, 1.54) is 6.07 Å². The zero-order valence-corrected chi connectivity index (χ0v) is 9.34. The SMILES string of the molecule is CC(N)(CC=O)c1cc(Br)ccc1F. The number of halogens is 2. The van der Waals surface area contributed by atoms with Gasteiger partial charge in [-0.1, -0.05) is 15.9 Å². The molecule has 2 nitrogen and oxygen atoms in total. The van der Waals surface area contributed by atoms with Gasteiger partial charge in [0.2, 0.25) is 0 Å². The molecule has 0 aliphatic heterocycles. The van der Waals surface area contributed by atoms with Crippen molar-refractivity contribution < 1.29 is 9.18 Å². The molecule has 0 saturated carbocycles. The lowest BCUT2D eigenvalue weighted by Crippen LogP contribution is -2.34. The Morgan fingerprint density at radius 3 is 2.86 bits per heavy atom. The van der Waals surface area contributed by atoms with Gasteiger partial charge >= 0.3 is 0 Å². The smallest absolute Gasteiger partial charge is 0.128 e. The van der Waals surface area contributed by atoms with Crippen LogP contribution in [0.5, 0.6) is 0 Å². The topological polar surface area (TPSA) is 43.1 Å². The largest absolute Gasteiger partial charge is 0.321 e. The van der Waals surface area contributed by atoms with E-state index in [9.17, 15) is 9.18 Å². The molecular formula is C10H11BrFNO. The molecule has 0 aliphatic carbocycles. The fraction of sp³-hybridized carbons (Fsp3) is 0.300. The summed E-state index contributed by atoms with van der Waals surface area (Å²) in [4.78, 5) is 10.4. The number of aldehydes is 1. The average Bonchev–Trinajstić information content (AvgIpc) is 2.09. The fourth-order valence-corrected chi connectivity index (χ4v) is 1.58. The predicted octanol–water partition coefficient (Wildman–Crippen LogP) is 2.35. The van der Waals surface area contributed by atoms with Crippen LogP contribution in [0.25, 0.3) is 0 Å². The third-order valence-corrected chi connectivity index (χ3v) is 2.54. The molecule has 14 heavy (non-hydrogen) atoms. The van der Waals surface area contributed by atoms with Gasteiger partial charge in [-0.3, -0.25) is 0 Å². The average molecular weight is 260 g/mol. The summed E-state index contributed by atoms with van der Waals surface area (Å²) in [6.07, 6.45) is 0.792. The van der Waals surface area contributed by atoms with Crippen LogP contribution in [0.2, 0.25) is 0 Å². The van der Waals surface area contributed by atoms with Crippen molar-refractivity contribution in [1.29, 1.82) is 0 Å². The van der Waals surface area contributed by atoms with Gasteiger partial charge in [0.15, 0.2) is 0 Å². The molecule has 1 aromatic rings. The van der Waals surface area contributed by atoms with Crippen LogP contribution >= 0.6 is 15.9 Å². The highest BCUT2D eigenvalue weighted by Gasteiger charge is 2.24. The van der Waals surface area contributed by atoms with E-state index in [2.05, 4.69) is 15.9 Å². The minimum Gasteiger partial charge on any atom is -0.321 e. The maximum absolute atomic E-state index is 13.4. The summed E-state index contributed by atoms with van der Waals surface area (Å²) < 4.78 is 14.1. The third-order valence-electron chi connectivity index (χ3n) is 2.05. The molecule has 0 spiro atoms. The monoisotopic (exact) mass is 259 g/mol. The molecule has 0 fully saturated rings. The van der Waals surface area contributed by atoms with E-state index in [0.717, 1.165) is 4.47 Å². The molecule has 1 atom stereocenters. The molecule has 4 heteroatoms. The van der Waals surface area contributed by atoms with Crippen LogP contribution in [0.4, 0.5) is 4.39 Å². The highest BCUT2D eigenvalue weighted by atomic mass is 79.9. The summed E-state index contributed by atoms with van der Waals surface area (Å²) in [5.41, 5.74) is 5.22. The van der Waals surface area contributed by atoms with E-state index in [-0.39, 0.29) is 12.2 Å². The normalized spacial score (nSPS) is 14.9. The van der Waals surface area contributed by atoms with E-state index in [4.69, 9.17) is 5.73 Å². The van der Waals surface area contributed by atoms with Gasteiger partial charge in [0.1, 0.15) is 12.1 Å². The Labute approximate surface area is 90.4 Å². The van der Waals surface area contributed by atoms with Gasteiger partial charge in [-0.25, -0.2) is 4.39 Å². The van der Waals surface area contributed by atoms with Gasteiger partial charge in [0, 0.05) is 22.0 Å². The summed E-state index contributed by atoms with van der Waals surface area (Å²) in [6, 6.07) is 4.52. The summed E-state index contributed by atoms with van der Waals surface area (Å²) >= 11 is 3.23. The van der Waals surface area contributed by atoms with E-state index >= 15 is 0 Å². The lowest BCUT2D eigenvalue weighted by molar-refractivity contribution is -0.108. The maximum atomic E-state index is 13.4. The van der Waals surface area contributed by atoms with Crippen molar-refractivity contribution in [3.8, 4) is 0 Å². The minimum absolute atomic E-state index is 0.0976. The van der Waals surface area contributed by atoms with Crippen molar-refractivity contribution in [2.45, 2.75) is 18.9 Å². The summed E-state index contributed by atoms with van der Waals surface area (Å²) in [7, 11) is 0. The molecule has 0 radical (unpaired) electrons. The number of rotatable bonds is 3. The van der Waals surface area contributed by atoms with E-state index < -0.39 is 5.54 Å². The number of carbonyl (C=O) groups excluding carboxylic acids is 1. The second-order valence-electron chi connectivity index (χ2n) is 3.41. The molecule has 76 valence electrons. The standard InChI is InChI=1S/C10H11BrFNO/c1-10(13,4-5-14)8-6-7(11)2-3-9(8)12/h2-3,5-6H,4,13H2,1H3. The van der Waals surface area contributed by atoms with Crippen molar-refractivity contribution in [1.82, 2.24) is 0 Å². The zero-order chi connectivity index (χ0) is 10.8. The number of benzene rings is 1. The summed E-state index contributed by atoms with van der Waals surface area (Å²) in [5, 5.41) is 0. The first-order chi connectivity index (χ1) is 6.47. The van der Waals surface area contributed by atoms with Gasteiger partial charge in [0.05, 0.1) is 0 Å². The molecular weight excluding hydrogens is 249 g/mol. The fourth-order valence-electron chi connectivity index (χ4n) is 1.22. The second-order valence-corrected chi connectivity index (χ2v) is 4.33.